The third-order valence-corrected chi connectivity index (χ3v) is 3.71. The molecule has 0 unspecified atom stereocenters. The fourth-order valence-corrected chi connectivity index (χ4v) is 2.36. The lowest BCUT2D eigenvalue weighted by molar-refractivity contribution is 0.355. The van der Waals surface area contributed by atoms with E-state index in [2.05, 4.69) is 5.32 Å². The van der Waals surface area contributed by atoms with Gasteiger partial charge in [0.05, 0.1) is 24.3 Å². The number of phenols is 1. The summed E-state index contributed by atoms with van der Waals surface area (Å²) < 4.78 is 10.4. The van der Waals surface area contributed by atoms with E-state index in [0.29, 0.717) is 28.1 Å². The van der Waals surface area contributed by atoms with Gasteiger partial charge in [-0.05, 0) is 29.8 Å². The summed E-state index contributed by atoms with van der Waals surface area (Å²) in [6.45, 7) is 0.486. The summed E-state index contributed by atoms with van der Waals surface area (Å²) in [7, 11) is 3.10. The van der Waals surface area contributed by atoms with Gasteiger partial charge in [0.15, 0.2) is 11.5 Å². The van der Waals surface area contributed by atoms with Gasteiger partial charge in [-0.2, -0.15) is 0 Å². The number of hydrogen-bond donors (Lipinski definition) is 2. The number of ether oxygens (including phenoxy) is 2. The first-order valence-electron chi connectivity index (χ1n) is 6.18. The Morgan fingerprint density at radius 2 is 1.86 bits per heavy atom. The minimum atomic E-state index is 0.0476. The molecule has 0 aliphatic heterocycles. The van der Waals surface area contributed by atoms with E-state index in [1.54, 1.807) is 32.4 Å². The Morgan fingerprint density at radius 3 is 2.48 bits per heavy atom. The van der Waals surface area contributed by atoms with Crippen molar-refractivity contribution >= 4 is 28.9 Å². The molecule has 0 saturated heterocycles. The molecular weight excluding hydrogens is 313 g/mol. The second-order valence-corrected chi connectivity index (χ2v) is 5.08. The molecule has 0 aliphatic carbocycles. The van der Waals surface area contributed by atoms with Gasteiger partial charge in [0, 0.05) is 12.2 Å². The van der Waals surface area contributed by atoms with Crippen LogP contribution < -0.4 is 14.8 Å². The standard InChI is InChI=1S/C15H15Cl2NO3/c1-20-13-6-3-9(14(17)15(13)21-2)8-18-10-4-5-12(19)11(16)7-10/h3-7,18-19H,8H2,1-2H3. The van der Waals surface area contributed by atoms with Gasteiger partial charge >= 0.3 is 0 Å². The fourth-order valence-electron chi connectivity index (χ4n) is 1.88. The van der Waals surface area contributed by atoms with Crippen LogP contribution in [-0.4, -0.2) is 19.3 Å². The number of methoxy groups -OCH3 is 2. The van der Waals surface area contributed by atoms with Crippen LogP contribution in [0.4, 0.5) is 5.69 Å². The van der Waals surface area contributed by atoms with Crippen LogP contribution in [0.2, 0.25) is 10.0 Å². The van der Waals surface area contributed by atoms with Crippen molar-refractivity contribution in [3.8, 4) is 17.2 Å². The molecule has 0 radical (unpaired) electrons. The molecule has 0 saturated carbocycles. The van der Waals surface area contributed by atoms with Gasteiger partial charge in [0.25, 0.3) is 0 Å². The zero-order valence-electron chi connectivity index (χ0n) is 11.6. The predicted octanol–water partition coefficient (Wildman–Crippen LogP) is 4.33. The Morgan fingerprint density at radius 1 is 1.10 bits per heavy atom. The normalized spacial score (nSPS) is 10.3. The molecule has 0 aromatic heterocycles. The molecule has 2 aromatic carbocycles. The number of rotatable bonds is 5. The maximum atomic E-state index is 9.39. The summed E-state index contributed by atoms with van der Waals surface area (Å²) in [6.07, 6.45) is 0. The van der Waals surface area contributed by atoms with E-state index in [-0.39, 0.29) is 5.75 Å². The first-order valence-corrected chi connectivity index (χ1v) is 6.94. The Balaban J connectivity index is 2.18. The second kappa shape index (κ2) is 6.78. The highest BCUT2D eigenvalue weighted by atomic mass is 35.5. The summed E-state index contributed by atoms with van der Waals surface area (Å²) in [5, 5.41) is 13.4. The van der Waals surface area contributed by atoms with E-state index in [1.165, 1.54) is 6.07 Å². The van der Waals surface area contributed by atoms with Gasteiger partial charge in [0.1, 0.15) is 5.75 Å². The fraction of sp³-hybridized carbons (Fsp3) is 0.200. The van der Waals surface area contributed by atoms with Crippen molar-refractivity contribution in [2.24, 2.45) is 0 Å². The third-order valence-electron chi connectivity index (χ3n) is 3.00. The lowest BCUT2D eigenvalue weighted by atomic mass is 10.2. The summed E-state index contributed by atoms with van der Waals surface area (Å²) in [6, 6.07) is 8.56. The number of hydrogen-bond acceptors (Lipinski definition) is 4. The van der Waals surface area contributed by atoms with E-state index >= 15 is 0 Å². The van der Waals surface area contributed by atoms with Gasteiger partial charge in [-0.3, -0.25) is 0 Å². The lowest BCUT2D eigenvalue weighted by Gasteiger charge is -2.14. The monoisotopic (exact) mass is 327 g/mol. The minimum absolute atomic E-state index is 0.0476. The summed E-state index contributed by atoms with van der Waals surface area (Å²) >= 11 is 12.2. The van der Waals surface area contributed by atoms with Crippen LogP contribution >= 0.6 is 23.2 Å². The first kappa shape index (κ1) is 15.6. The van der Waals surface area contributed by atoms with Crippen molar-refractivity contribution in [3.63, 3.8) is 0 Å². The quantitative estimate of drug-likeness (QED) is 0.802. The topological polar surface area (TPSA) is 50.7 Å². The van der Waals surface area contributed by atoms with Crippen molar-refractivity contribution in [3.05, 3.63) is 45.9 Å². The Kier molecular flexibility index (Phi) is 5.04. The van der Waals surface area contributed by atoms with Crippen LogP contribution in [0.5, 0.6) is 17.2 Å². The molecule has 0 spiro atoms. The van der Waals surface area contributed by atoms with Crippen molar-refractivity contribution in [1.29, 1.82) is 0 Å². The van der Waals surface area contributed by atoms with E-state index in [1.807, 2.05) is 6.07 Å². The van der Waals surface area contributed by atoms with Crippen LogP contribution in [0, 0.1) is 0 Å². The molecule has 2 rings (SSSR count). The summed E-state index contributed by atoms with van der Waals surface area (Å²) in [5.74, 6) is 1.13. The Hall–Kier alpha value is -1.78. The zero-order valence-corrected chi connectivity index (χ0v) is 13.1. The molecule has 2 N–H and O–H groups in total. The highest BCUT2D eigenvalue weighted by Crippen LogP contribution is 2.37. The molecule has 0 amide bonds. The van der Waals surface area contributed by atoms with Gasteiger partial charge in [0.2, 0.25) is 0 Å². The predicted molar refractivity (Wildman–Crippen MR) is 85.0 cm³/mol. The summed E-state index contributed by atoms with van der Waals surface area (Å²) in [5.41, 5.74) is 1.64. The number of phenolic OH excluding ortho intramolecular Hbond substituents is 1. The second-order valence-electron chi connectivity index (χ2n) is 4.29. The molecule has 112 valence electrons. The van der Waals surface area contributed by atoms with Crippen molar-refractivity contribution in [2.75, 3.05) is 19.5 Å². The van der Waals surface area contributed by atoms with Crippen LogP contribution in [0.1, 0.15) is 5.56 Å². The third kappa shape index (κ3) is 3.46. The molecule has 4 nitrogen and oxygen atoms in total. The number of aromatic hydroxyl groups is 1. The average Bonchev–Trinajstić information content (AvgIpc) is 2.49. The Bertz CT molecular complexity index is 647. The van der Waals surface area contributed by atoms with Crippen LogP contribution in [0.25, 0.3) is 0 Å². The van der Waals surface area contributed by atoms with Gasteiger partial charge in [-0.15, -0.1) is 0 Å². The van der Waals surface area contributed by atoms with Crippen molar-refractivity contribution in [2.45, 2.75) is 6.54 Å². The molecule has 0 bridgehead atoms. The lowest BCUT2D eigenvalue weighted by Crippen LogP contribution is -2.02. The number of halogens is 2. The highest BCUT2D eigenvalue weighted by Gasteiger charge is 2.13. The number of nitrogens with one attached hydrogen (secondary N) is 1. The molecule has 0 heterocycles. The zero-order chi connectivity index (χ0) is 15.4. The average molecular weight is 328 g/mol. The van der Waals surface area contributed by atoms with Gasteiger partial charge < -0.3 is 19.9 Å². The van der Waals surface area contributed by atoms with E-state index < -0.39 is 0 Å². The smallest absolute Gasteiger partial charge is 0.179 e. The maximum absolute atomic E-state index is 9.39. The molecule has 0 aliphatic rings. The molecule has 0 fully saturated rings. The highest BCUT2D eigenvalue weighted by molar-refractivity contribution is 6.33. The Labute approximate surface area is 133 Å². The first-order chi connectivity index (χ1) is 10.1. The molecule has 2 aromatic rings. The van der Waals surface area contributed by atoms with Crippen LogP contribution in [0.15, 0.2) is 30.3 Å². The largest absolute Gasteiger partial charge is 0.506 e. The van der Waals surface area contributed by atoms with Gasteiger partial charge in [-0.1, -0.05) is 29.3 Å². The number of benzene rings is 2. The SMILES string of the molecule is COc1ccc(CNc2ccc(O)c(Cl)c2)c(Cl)c1OC. The molecule has 0 atom stereocenters. The molecular formula is C15H15Cl2NO3. The van der Waals surface area contributed by atoms with E-state index in [9.17, 15) is 5.11 Å². The van der Waals surface area contributed by atoms with Crippen molar-refractivity contribution < 1.29 is 14.6 Å². The maximum Gasteiger partial charge on any atom is 0.179 e. The number of anilines is 1. The van der Waals surface area contributed by atoms with Crippen molar-refractivity contribution in [1.82, 2.24) is 0 Å². The van der Waals surface area contributed by atoms with Crippen LogP contribution in [-0.2, 0) is 6.54 Å². The summed E-state index contributed by atoms with van der Waals surface area (Å²) in [4.78, 5) is 0. The van der Waals surface area contributed by atoms with E-state index in [4.69, 9.17) is 32.7 Å². The molecule has 6 heteroatoms. The molecule has 21 heavy (non-hydrogen) atoms. The minimum Gasteiger partial charge on any atom is -0.506 e. The van der Waals surface area contributed by atoms with Crippen LogP contribution in [0.3, 0.4) is 0 Å². The van der Waals surface area contributed by atoms with Gasteiger partial charge in [-0.25, -0.2) is 0 Å². The van der Waals surface area contributed by atoms with E-state index in [0.717, 1.165) is 11.3 Å².